The lowest BCUT2D eigenvalue weighted by Gasteiger charge is -1.93. The van der Waals surface area contributed by atoms with Gasteiger partial charge in [-0.05, 0) is 18.4 Å². The fraction of sp³-hybridized carbons (Fsp3) is 0.300. The highest BCUT2D eigenvalue weighted by Crippen LogP contribution is 2.26. The zero-order chi connectivity index (χ0) is 9.97. The van der Waals surface area contributed by atoms with Crippen molar-refractivity contribution in [1.82, 2.24) is 9.78 Å². The summed E-state index contributed by atoms with van der Waals surface area (Å²) >= 11 is 1.64. The standard InChI is InChI=1S/C10H12N2OS/c1-2-12-6-8(7-13)10(11-12)9-4-3-5-14-9/h3-6,13H,2,7H2,1H3. The fourth-order valence-electron chi connectivity index (χ4n) is 1.36. The van der Waals surface area contributed by atoms with Crippen LogP contribution in [0.4, 0.5) is 0 Å². The average molecular weight is 208 g/mol. The van der Waals surface area contributed by atoms with Crippen LogP contribution in [-0.4, -0.2) is 14.9 Å². The fourth-order valence-corrected chi connectivity index (χ4v) is 2.11. The van der Waals surface area contributed by atoms with Gasteiger partial charge in [0, 0.05) is 18.3 Å². The van der Waals surface area contributed by atoms with Gasteiger partial charge in [-0.25, -0.2) is 0 Å². The summed E-state index contributed by atoms with van der Waals surface area (Å²) in [5, 5.41) is 15.6. The van der Waals surface area contributed by atoms with Gasteiger partial charge in [0.1, 0.15) is 5.69 Å². The molecule has 1 N–H and O–H groups in total. The monoisotopic (exact) mass is 208 g/mol. The molecule has 0 saturated carbocycles. The Morgan fingerprint density at radius 3 is 3.00 bits per heavy atom. The first kappa shape index (κ1) is 9.43. The number of nitrogens with zero attached hydrogens (tertiary/aromatic N) is 2. The Morgan fingerprint density at radius 2 is 2.43 bits per heavy atom. The van der Waals surface area contributed by atoms with Crippen LogP contribution in [0, 0.1) is 0 Å². The third-order valence-corrected chi connectivity index (χ3v) is 2.96. The molecule has 0 fully saturated rings. The van der Waals surface area contributed by atoms with Crippen molar-refractivity contribution in [3.8, 4) is 10.6 Å². The summed E-state index contributed by atoms with van der Waals surface area (Å²) in [6.45, 7) is 2.91. The maximum absolute atomic E-state index is 9.18. The van der Waals surface area contributed by atoms with Gasteiger partial charge >= 0.3 is 0 Å². The number of aliphatic hydroxyl groups is 1. The van der Waals surface area contributed by atoms with Crippen LogP contribution in [0.1, 0.15) is 12.5 Å². The van der Waals surface area contributed by atoms with E-state index in [1.807, 2.05) is 35.3 Å². The van der Waals surface area contributed by atoms with Gasteiger partial charge in [-0.3, -0.25) is 4.68 Å². The normalized spacial score (nSPS) is 10.7. The molecule has 0 bridgehead atoms. The molecular formula is C10H12N2OS. The van der Waals surface area contributed by atoms with Crippen molar-refractivity contribution in [2.75, 3.05) is 0 Å². The summed E-state index contributed by atoms with van der Waals surface area (Å²) in [4.78, 5) is 1.11. The topological polar surface area (TPSA) is 38.0 Å². The van der Waals surface area contributed by atoms with E-state index in [1.165, 1.54) is 0 Å². The number of hydrogen-bond donors (Lipinski definition) is 1. The van der Waals surface area contributed by atoms with Crippen LogP contribution in [0.2, 0.25) is 0 Å². The molecule has 3 nitrogen and oxygen atoms in total. The first-order chi connectivity index (χ1) is 6.85. The predicted molar refractivity (Wildman–Crippen MR) is 57.1 cm³/mol. The van der Waals surface area contributed by atoms with Gasteiger partial charge in [0.25, 0.3) is 0 Å². The molecule has 0 spiro atoms. The molecule has 0 aliphatic rings. The molecule has 2 aromatic rings. The number of aryl methyl sites for hydroxylation is 1. The lowest BCUT2D eigenvalue weighted by Crippen LogP contribution is -1.93. The second kappa shape index (κ2) is 3.94. The third kappa shape index (κ3) is 1.58. The molecule has 0 aliphatic carbocycles. The Kier molecular flexibility index (Phi) is 2.65. The lowest BCUT2D eigenvalue weighted by atomic mass is 10.2. The van der Waals surface area contributed by atoms with Gasteiger partial charge in [-0.1, -0.05) is 6.07 Å². The summed E-state index contributed by atoms with van der Waals surface area (Å²) in [5.41, 5.74) is 1.80. The van der Waals surface area contributed by atoms with Crippen molar-refractivity contribution < 1.29 is 5.11 Å². The minimum absolute atomic E-state index is 0.0488. The second-order valence-electron chi connectivity index (χ2n) is 2.99. The molecule has 0 aromatic carbocycles. The van der Waals surface area contributed by atoms with Crippen molar-refractivity contribution in [2.24, 2.45) is 0 Å². The zero-order valence-corrected chi connectivity index (χ0v) is 8.79. The van der Waals surface area contributed by atoms with Gasteiger partial charge in [0.15, 0.2) is 0 Å². The number of aliphatic hydroxyl groups excluding tert-OH is 1. The summed E-state index contributed by atoms with van der Waals surface area (Å²) in [6.07, 6.45) is 1.90. The minimum Gasteiger partial charge on any atom is -0.392 e. The van der Waals surface area contributed by atoms with Crippen LogP contribution in [0.25, 0.3) is 10.6 Å². The first-order valence-corrected chi connectivity index (χ1v) is 5.44. The molecule has 4 heteroatoms. The van der Waals surface area contributed by atoms with Crippen molar-refractivity contribution in [3.05, 3.63) is 29.3 Å². The summed E-state index contributed by atoms with van der Waals surface area (Å²) < 4.78 is 1.85. The van der Waals surface area contributed by atoms with Crippen LogP contribution in [0.3, 0.4) is 0 Å². The van der Waals surface area contributed by atoms with Crippen LogP contribution in [0.15, 0.2) is 23.7 Å². The minimum atomic E-state index is 0.0488. The highest BCUT2D eigenvalue weighted by Gasteiger charge is 2.10. The molecule has 0 radical (unpaired) electrons. The molecule has 2 rings (SSSR count). The Balaban J connectivity index is 2.46. The van der Waals surface area contributed by atoms with Crippen LogP contribution < -0.4 is 0 Å². The van der Waals surface area contributed by atoms with Gasteiger partial charge in [0.05, 0.1) is 11.5 Å². The molecule has 14 heavy (non-hydrogen) atoms. The molecule has 0 unspecified atom stereocenters. The van der Waals surface area contributed by atoms with E-state index < -0.39 is 0 Å². The zero-order valence-electron chi connectivity index (χ0n) is 7.97. The van der Waals surface area contributed by atoms with Crippen molar-refractivity contribution in [2.45, 2.75) is 20.1 Å². The Bertz CT molecular complexity index is 406. The lowest BCUT2D eigenvalue weighted by molar-refractivity contribution is 0.282. The Labute approximate surface area is 86.6 Å². The molecule has 2 heterocycles. The molecular weight excluding hydrogens is 196 g/mol. The number of rotatable bonds is 3. The third-order valence-electron chi connectivity index (χ3n) is 2.09. The van der Waals surface area contributed by atoms with Crippen molar-refractivity contribution >= 4 is 11.3 Å². The summed E-state index contributed by atoms with van der Waals surface area (Å²) in [6, 6.07) is 4.01. The largest absolute Gasteiger partial charge is 0.392 e. The SMILES string of the molecule is CCn1cc(CO)c(-c2cccs2)n1. The molecule has 0 amide bonds. The highest BCUT2D eigenvalue weighted by molar-refractivity contribution is 7.13. The quantitative estimate of drug-likeness (QED) is 0.839. The maximum Gasteiger partial charge on any atom is 0.108 e. The van der Waals surface area contributed by atoms with Gasteiger partial charge in [-0.15, -0.1) is 11.3 Å². The van der Waals surface area contributed by atoms with E-state index >= 15 is 0 Å². The second-order valence-corrected chi connectivity index (χ2v) is 3.94. The van der Waals surface area contributed by atoms with E-state index in [0.717, 1.165) is 22.7 Å². The van der Waals surface area contributed by atoms with Crippen LogP contribution in [0.5, 0.6) is 0 Å². The van der Waals surface area contributed by atoms with E-state index in [9.17, 15) is 5.11 Å². The van der Waals surface area contributed by atoms with Crippen LogP contribution in [-0.2, 0) is 13.2 Å². The summed E-state index contributed by atoms with van der Waals surface area (Å²) in [5.74, 6) is 0. The highest BCUT2D eigenvalue weighted by atomic mass is 32.1. The van der Waals surface area contributed by atoms with E-state index in [1.54, 1.807) is 11.3 Å². The molecule has 74 valence electrons. The van der Waals surface area contributed by atoms with Gasteiger partial charge in [0.2, 0.25) is 0 Å². The van der Waals surface area contributed by atoms with Crippen molar-refractivity contribution in [1.29, 1.82) is 0 Å². The summed E-state index contributed by atoms with van der Waals surface area (Å²) in [7, 11) is 0. The number of thiophene rings is 1. The average Bonchev–Trinajstić information content (AvgIpc) is 2.85. The molecule has 0 atom stereocenters. The van der Waals surface area contributed by atoms with E-state index in [2.05, 4.69) is 5.10 Å². The van der Waals surface area contributed by atoms with Crippen LogP contribution >= 0.6 is 11.3 Å². The maximum atomic E-state index is 9.18. The van der Waals surface area contributed by atoms with Crippen molar-refractivity contribution in [3.63, 3.8) is 0 Å². The van der Waals surface area contributed by atoms with Gasteiger partial charge in [-0.2, -0.15) is 5.10 Å². The smallest absolute Gasteiger partial charge is 0.108 e. The Morgan fingerprint density at radius 1 is 1.57 bits per heavy atom. The first-order valence-electron chi connectivity index (χ1n) is 4.56. The molecule has 2 aromatic heterocycles. The van der Waals surface area contributed by atoms with E-state index in [-0.39, 0.29) is 6.61 Å². The number of hydrogen-bond acceptors (Lipinski definition) is 3. The van der Waals surface area contributed by atoms with Gasteiger partial charge < -0.3 is 5.11 Å². The molecule has 0 aliphatic heterocycles. The number of aromatic nitrogens is 2. The Hall–Kier alpha value is -1.13. The predicted octanol–water partition coefficient (Wildman–Crippen LogP) is 2.12. The van der Waals surface area contributed by atoms with E-state index in [0.29, 0.717) is 0 Å². The molecule has 0 saturated heterocycles. The van der Waals surface area contributed by atoms with E-state index in [4.69, 9.17) is 0 Å².